The third-order valence-electron chi connectivity index (χ3n) is 2.90. The van der Waals surface area contributed by atoms with E-state index >= 15 is 0 Å². The van der Waals surface area contributed by atoms with Crippen LogP contribution in [0.25, 0.3) is 0 Å². The SMILES string of the molecule is CCCCCNC(=O)C(C)N1CC(O)C1. The highest BCUT2D eigenvalue weighted by Crippen LogP contribution is 2.11. The van der Waals surface area contributed by atoms with Gasteiger partial charge in [-0.1, -0.05) is 19.8 Å². The maximum Gasteiger partial charge on any atom is 0.237 e. The monoisotopic (exact) mass is 214 g/mol. The number of carbonyl (C=O) groups excluding carboxylic acids is 1. The summed E-state index contributed by atoms with van der Waals surface area (Å²) in [5, 5.41) is 12.0. The molecule has 1 heterocycles. The van der Waals surface area contributed by atoms with E-state index in [0.717, 1.165) is 19.4 Å². The summed E-state index contributed by atoms with van der Waals surface area (Å²) in [6.07, 6.45) is 3.15. The number of amides is 1. The van der Waals surface area contributed by atoms with Gasteiger partial charge in [0.2, 0.25) is 5.91 Å². The number of unbranched alkanes of at least 4 members (excludes halogenated alkanes) is 2. The van der Waals surface area contributed by atoms with Gasteiger partial charge in [0.25, 0.3) is 0 Å². The highest BCUT2D eigenvalue weighted by Gasteiger charge is 2.31. The van der Waals surface area contributed by atoms with Crippen LogP contribution in [0.1, 0.15) is 33.1 Å². The summed E-state index contributed by atoms with van der Waals surface area (Å²) in [4.78, 5) is 13.6. The second-order valence-electron chi connectivity index (χ2n) is 4.28. The fourth-order valence-electron chi connectivity index (χ4n) is 1.70. The van der Waals surface area contributed by atoms with Crippen LogP contribution in [-0.4, -0.2) is 47.7 Å². The van der Waals surface area contributed by atoms with Gasteiger partial charge < -0.3 is 10.4 Å². The van der Waals surface area contributed by atoms with Gasteiger partial charge in [-0.15, -0.1) is 0 Å². The molecule has 1 saturated heterocycles. The Labute approximate surface area is 91.6 Å². The molecule has 4 heteroatoms. The lowest BCUT2D eigenvalue weighted by atomic mass is 10.1. The smallest absolute Gasteiger partial charge is 0.237 e. The Morgan fingerprint density at radius 3 is 2.73 bits per heavy atom. The van der Waals surface area contributed by atoms with E-state index in [2.05, 4.69) is 12.2 Å². The van der Waals surface area contributed by atoms with Crippen molar-refractivity contribution in [1.82, 2.24) is 10.2 Å². The quantitative estimate of drug-likeness (QED) is 0.628. The summed E-state index contributed by atoms with van der Waals surface area (Å²) in [5.41, 5.74) is 0. The molecule has 0 aromatic rings. The first-order valence-electron chi connectivity index (χ1n) is 5.85. The van der Waals surface area contributed by atoms with Crippen LogP contribution in [-0.2, 0) is 4.79 Å². The van der Waals surface area contributed by atoms with Crippen LogP contribution < -0.4 is 5.32 Å². The van der Waals surface area contributed by atoms with Gasteiger partial charge in [-0.3, -0.25) is 9.69 Å². The number of β-amino-alcohol motifs (C(OH)–C–C–N with tert-alkyl or cyclic N) is 1. The van der Waals surface area contributed by atoms with E-state index < -0.39 is 0 Å². The molecule has 1 amide bonds. The second kappa shape index (κ2) is 6.08. The molecule has 4 nitrogen and oxygen atoms in total. The summed E-state index contributed by atoms with van der Waals surface area (Å²) in [5.74, 6) is 0.0815. The van der Waals surface area contributed by atoms with Crippen LogP contribution in [0.4, 0.5) is 0 Å². The minimum Gasteiger partial charge on any atom is -0.390 e. The van der Waals surface area contributed by atoms with Crippen molar-refractivity contribution in [3.63, 3.8) is 0 Å². The van der Waals surface area contributed by atoms with E-state index in [1.165, 1.54) is 6.42 Å². The number of nitrogens with one attached hydrogen (secondary N) is 1. The number of hydrogen-bond donors (Lipinski definition) is 2. The lowest BCUT2D eigenvalue weighted by Crippen LogP contribution is -2.58. The van der Waals surface area contributed by atoms with E-state index in [-0.39, 0.29) is 18.1 Å². The van der Waals surface area contributed by atoms with Crippen molar-refractivity contribution >= 4 is 5.91 Å². The van der Waals surface area contributed by atoms with E-state index in [1.54, 1.807) is 0 Å². The number of rotatable bonds is 6. The predicted octanol–water partition coefficient (Wildman–Crippen LogP) is 0.358. The molecular weight excluding hydrogens is 192 g/mol. The van der Waals surface area contributed by atoms with Crippen LogP contribution in [0.15, 0.2) is 0 Å². The fraction of sp³-hybridized carbons (Fsp3) is 0.909. The van der Waals surface area contributed by atoms with Gasteiger partial charge in [-0.05, 0) is 13.3 Å². The highest BCUT2D eigenvalue weighted by atomic mass is 16.3. The number of nitrogens with zero attached hydrogens (tertiary/aromatic N) is 1. The van der Waals surface area contributed by atoms with Crippen molar-refractivity contribution in [2.45, 2.75) is 45.3 Å². The Morgan fingerprint density at radius 2 is 2.20 bits per heavy atom. The number of likely N-dealkylation sites (tertiary alicyclic amines) is 1. The molecule has 0 aromatic heterocycles. The van der Waals surface area contributed by atoms with Crippen molar-refractivity contribution < 1.29 is 9.90 Å². The van der Waals surface area contributed by atoms with E-state index in [9.17, 15) is 4.79 Å². The Bertz CT molecular complexity index is 203. The van der Waals surface area contributed by atoms with Crippen LogP contribution >= 0.6 is 0 Å². The van der Waals surface area contributed by atoms with E-state index in [0.29, 0.717) is 13.1 Å². The minimum atomic E-state index is -0.236. The molecular formula is C11H22N2O2. The Kier molecular flexibility index (Phi) is 5.05. The van der Waals surface area contributed by atoms with Crippen LogP contribution in [0.3, 0.4) is 0 Å². The van der Waals surface area contributed by atoms with Crippen LogP contribution in [0.2, 0.25) is 0 Å². The topological polar surface area (TPSA) is 52.6 Å². The van der Waals surface area contributed by atoms with Crippen molar-refractivity contribution in [2.75, 3.05) is 19.6 Å². The van der Waals surface area contributed by atoms with Gasteiger partial charge in [-0.2, -0.15) is 0 Å². The summed E-state index contributed by atoms with van der Waals surface area (Å²) < 4.78 is 0. The molecule has 1 unspecified atom stereocenters. The van der Waals surface area contributed by atoms with Crippen molar-refractivity contribution in [3.8, 4) is 0 Å². The zero-order valence-corrected chi connectivity index (χ0v) is 9.70. The maximum atomic E-state index is 11.6. The zero-order chi connectivity index (χ0) is 11.3. The summed E-state index contributed by atoms with van der Waals surface area (Å²) in [7, 11) is 0. The summed E-state index contributed by atoms with van der Waals surface area (Å²) >= 11 is 0. The van der Waals surface area contributed by atoms with Crippen molar-refractivity contribution in [1.29, 1.82) is 0 Å². The van der Waals surface area contributed by atoms with Crippen molar-refractivity contribution in [2.24, 2.45) is 0 Å². The first-order valence-corrected chi connectivity index (χ1v) is 5.85. The third kappa shape index (κ3) is 3.80. The number of aliphatic hydroxyl groups excluding tert-OH is 1. The van der Waals surface area contributed by atoms with Gasteiger partial charge in [0.05, 0.1) is 12.1 Å². The standard InChI is InChI=1S/C11H22N2O2/c1-3-4-5-6-12-11(15)9(2)13-7-10(14)8-13/h9-10,14H,3-8H2,1-2H3,(H,12,15). The normalized spacial score (nSPS) is 19.7. The average molecular weight is 214 g/mol. The molecule has 2 N–H and O–H groups in total. The maximum absolute atomic E-state index is 11.6. The average Bonchev–Trinajstić information content (AvgIpc) is 2.18. The highest BCUT2D eigenvalue weighted by molar-refractivity contribution is 5.81. The first-order chi connectivity index (χ1) is 7.15. The molecule has 88 valence electrons. The Morgan fingerprint density at radius 1 is 1.53 bits per heavy atom. The molecule has 1 rings (SSSR count). The van der Waals surface area contributed by atoms with Crippen LogP contribution in [0.5, 0.6) is 0 Å². The van der Waals surface area contributed by atoms with Gasteiger partial charge in [0, 0.05) is 19.6 Å². The largest absolute Gasteiger partial charge is 0.390 e. The third-order valence-corrected chi connectivity index (χ3v) is 2.90. The molecule has 0 radical (unpaired) electrons. The molecule has 0 aromatic carbocycles. The molecule has 0 aliphatic carbocycles. The Hall–Kier alpha value is -0.610. The molecule has 1 aliphatic rings. The van der Waals surface area contributed by atoms with Gasteiger partial charge in [0.1, 0.15) is 0 Å². The van der Waals surface area contributed by atoms with Crippen molar-refractivity contribution in [3.05, 3.63) is 0 Å². The van der Waals surface area contributed by atoms with E-state index in [4.69, 9.17) is 5.11 Å². The predicted molar refractivity (Wildman–Crippen MR) is 59.6 cm³/mol. The zero-order valence-electron chi connectivity index (χ0n) is 9.70. The molecule has 0 bridgehead atoms. The second-order valence-corrected chi connectivity index (χ2v) is 4.28. The van der Waals surface area contributed by atoms with E-state index in [1.807, 2.05) is 11.8 Å². The summed E-state index contributed by atoms with van der Waals surface area (Å²) in [6, 6.07) is -0.102. The molecule has 1 atom stereocenters. The first kappa shape index (κ1) is 12.5. The van der Waals surface area contributed by atoms with Gasteiger partial charge in [0.15, 0.2) is 0 Å². The van der Waals surface area contributed by atoms with Gasteiger partial charge >= 0.3 is 0 Å². The van der Waals surface area contributed by atoms with Crippen LogP contribution in [0, 0.1) is 0 Å². The van der Waals surface area contributed by atoms with Gasteiger partial charge in [-0.25, -0.2) is 0 Å². The number of aliphatic hydroxyl groups is 1. The lowest BCUT2D eigenvalue weighted by molar-refractivity contribution is -0.130. The lowest BCUT2D eigenvalue weighted by Gasteiger charge is -2.39. The molecule has 1 aliphatic heterocycles. The molecule has 0 spiro atoms. The molecule has 1 fully saturated rings. The minimum absolute atomic E-state index is 0.0815. The Balaban J connectivity index is 2.10. The number of hydrogen-bond acceptors (Lipinski definition) is 3. The molecule has 15 heavy (non-hydrogen) atoms. The fourth-order valence-corrected chi connectivity index (χ4v) is 1.70. The molecule has 0 saturated carbocycles. The summed E-state index contributed by atoms with van der Waals surface area (Å²) in [6.45, 7) is 6.06. The number of carbonyl (C=O) groups is 1.